The molecule has 0 unspecified atom stereocenters. The van der Waals surface area contributed by atoms with Gasteiger partial charge in [-0.15, -0.1) is 0 Å². The minimum absolute atomic E-state index is 0.239. The molecule has 0 atom stereocenters. The highest BCUT2D eigenvalue weighted by atomic mass is 35.5. The zero-order chi connectivity index (χ0) is 17.8. The van der Waals surface area contributed by atoms with Crippen molar-refractivity contribution in [3.05, 3.63) is 97.1 Å². The second-order valence-electron chi connectivity index (χ2n) is 5.84. The number of nitrogens with one attached hydrogen (secondary N) is 2. The Labute approximate surface area is 149 Å². The summed E-state index contributed by atoms with van der Waals surface area (Å²) in [7, 11) is 0. The van der Waals surface area contributed by atoms with Gasteiger partial charge >= 0.3 is 5.69 Å². The lowest BCUT2D eigenvalue weighted by atomic mass is 10.1. The quantitative estimate of drug-likeness (QED) is 0.738. The van der Waals surface area contributed by atoms with Crippen LogP contribution in [0.25, 0.3) is 0 Å². The molecule has 0 aliphatic heterocycles. The van der Waals surface area contributed by atoms with E-state index >= 15 is 0 Å². The van der Waals surface area contributed by atoms with Crippen molar-refractivity contribution in [2.45, 2.75) is 20.0 Å². The Kier molecular flexibility index (Phi) is 5.05. The van der Waals surface area contributed by atoms with Crippen molar-refractivity contribution in [1.82, 2.24) is 9.55 Å². The van der Waals surface area contributed by atoms with Gasteiger partial charge in [-0.05, 0) is 29.7 Å². The lowest BCUT2D eigenvalue weighted by molar-refractivity contribution is 0.700. The van der Waals surface area contributed by atoms with Crippen molar-refractivity contribution in [1.29, 1.82) is 0 Å². The Balaban J connectivity index is 1.76. The molecule has 25 heavy (non-hydrogen) atoms. The van der Waals surface area contributed by atoms with E-state index < -0.39 is 5.69 Å². The Hall–Kier alpha value is -2.79. The normalized spacial score (nSPS) is 10.6. The average molecular weight is 356 g/mol. The maximum Gasteiger partial charge on any atom is 0.330 e. The molecule has 0 fully saturated rings. The molecule has 0 saturated heterocycles. The first-order valence-corrected chi connectivity index (χ1v) is 8.28. The summed E-state index contributed by atoms with van der Waals surface area (Å²) in [6, 6.07) is 16.5. The van der Waals surface area contributed by atoms with Gasteiger partial charge in [-0.1, -0.05) is 54.1 Å². The number of aryl methyl sites for hydroxylation is 1. The van der Waals surface area contributed by atoms with E-state index in [1.807, 2.05) is 55.5 Å². The minimum atomic E-state index is -0.444. The summed E-state index contributed by atoms with van der Waals surface area (Å²) in [5, 5.41) is 3.74. The summed E-state index contributed by atoms with van der Waals surface area (Å²) in [5.41, 5.74) is 2.06. The molecule has 2 N–H and O–H groups in total. The summed E-state index contributed by atoms with van der Waals surface area (Å²) < 4.78 is 1.17. The summed E-state index contributed by atoms with van der Waals surface area (Å²) in [4.78, 5) is 27.2. The number of H-pyrrole nitrogens is 1. The maximum absolute atomic E-state index is 12.3. The highest BCUT2D eigenvalue weighted by molar-refractivity contribution is 6.31. The van der Waals surface area contributed by atoms with Crippen LogP contribution < -0.4 is 16.6 Å². The minimum Gasteiger partial charge on any atom is -0.367 e. The van der Waals surface area contributed by atoms with E-state index in [-0.39, 0.29) is 12.1 Å². The van der Waals surface area contributed by atoms with E-state index in [4.69, 9.17) is 11.6 Å². The molecule has 2 aromatic carbocycles. The molecule has 1 heterocycles. The van der Waals surface area contributed by atoms with Crippen LogP contribution in [0.5, 0.6) is 0 Å². The molecule has 0 saturated carbocycles. The molecular formula is C19H18ClN3O2. The topological polar surface area (TPSA) is 66.9 Å². The van der Waals surface area contributed by atoms with Crippen molar-refractivity contribution < 1.29 is 0 Å². The SMILES string of the molecule is Cc1ccc(CNc2cc(=O)n(Cc3ccccc3)c(=O)[nH]2)cc1Cl. The van der Waals surface area contributed by atoms with Gasteiger partial charge in [-0.3, -0.25) is 14.3 Å². The molecule has 6 heteroatoms. The van der Waals surface area contributed by atoms with Gasteiger partial charge in [0.05, 0.1) is 6.54 Å². The highest BCUT2D eigenvalue weighted by Gasteiger charge is 2.06. The molecule has 0 aliphatic rings. The second-order valence-corrected chi connectivity index (χ2v) is 6.24. The van der Waals surface area contributed by atoms with Gasteiger partial charge in [0, 0.05) is 17.6 Å². The van der Waals surface area contributed by atoms with Crippen LogP contribution in [0, 0.1) is 6.92 Å². The first kappa shape index (κ1) is 17.0. The Bertz CT molecular complexity index is 962. The molecule has 3 rings (SSSR count). The predicted octanol–water partition coefficient (Wildman–Crippen LogP) is 3.16. The largest absolute Gasteiger partial charge is 0.367 e. The zero-order valence-electron chi connectivity index (χ0n) is 13.8. The average Bonchev–Trinajstić information content (AvgIpc) is 2.60. The second kappa shape index (κ2) is 7.40. The van der Waals surface area contributed by atoms with Crippen molar-refractivity contribution >= 4 is 17.4 Å². The number of hydrogen-bond acceptors (Lipinski definition) is 3. The van der Waals surface area contributed by atoms with Gasteiger partial charge in [0.25, 0.3) is 5.56 Å². The van der Waals surface area contributed by atoms with Crippen molar-refractivity contribution in [2.24, 2.45) is 0 Å². The van der Waals surface area contributed by atoms with Gasteiger partial charge in [-0.25, -0.2) is 4.79 Å². The number of nitrogens with zero attached hydrogens (tertiary/aromatic N) is 1. The third kappa shape index (κ3) is 4.19. The molecule has 128 valence electrons. The van der Waals surface area contributed by atoms with Gasteiger partial charge in [0.15, 0.2) is 0 Å². The van der Waals surface area contributed by atoms with E-state index in [1.54, 1.807) is 0 Å². The van der Waals surface area contributed by atoms with E-state index in [1.165, 1.54) is 10.6 Å². The number of rotatable bonds is 5. The van der Waals surface area contributed by atoms with Crippen LogP contribution in [-0.4, -0.2) is 9.55 Å². The smallest absolute Gasteiger partial charge is 0.330 e. The van der Waals surface area contributed by atoms with Gasteiger partial charge in [0.1, 0.15) is 5.82 Å². The van der Waals surface area contributed by atoms with Crippen LogP contribution in [0.2, 0.25) is 5.02 Å². The molecule has 1 aromatic heterocycles. The Morgan fingerprint density at radius 3 is 2.48 bits per heavy atom. The molecule has 0 radical (unpaired) electrons. The summed E-state index contributed by atoms with van der Waals surface area (Å²) in [6.07, 6.45) is 0. The molecule has 5 nitrogen and oxygen atoms in total. The summed E-state index contributed by atoms with van der Waals surface area (Å²) >= 11 is 6.10. The van der Waals surface area contributed by atoms with E-state index in [0.29, 0.717) is 17.4 Å². The molecule has 0 spiro atoms. The summed E-state index contributed by atoms with van der Waals surface area (Å²) in [6.45, 7) is 2.63. The molecule has 0 bridgehead atoms. The van der Waals surface area contributed by atoms with Gasteiger partial charge < -0.3 is 5.32 Å². The third-order valence-electron chi connectivity index (χ3n) is 3.92. The third-order valence-corrected chi connectivity index (χ3v) is 4.33. The van der Waals surface area contributed by atoms with Crippen molar-refractivity contribution in [3.63, 3.8) is 0 Å². The van der Waals surface area contributed by atoms with Gasteiger partial charge in [0.2, 0.25) is 0 Å². The lowest BCUT2D eigenvalue weighted by Gasteiger charge is -2.09. The zero-order valence-corrected chi connectivity index (χ0v) is 14.5. The van der Waals surface area contributed by atoms with Crippen LogP contribution in [0.15, 0.2) is 64.2 Å². The standard InChI is InChI=1S/C19H18ClN3O2/c1-13-7-8-15(9-16(13)20)11-21-17-10-18(24)23(19(25)22-17)12-14-5-3-2-4-6-14/h2-10,21H,11-12H2,1H3,(H,22,25). The molecule has 0 amide bonds. The van der Waals surface area contributed by atoms with Crippen molar-refractivity contribution in [2.75, 3.05) is 5.32 Å². The number of anilines is 1. The lowest BCUT2D eigenvalue weighted by Crippen LogP contribution is -2.35. The molecule has 3 aromatic rings. The van der Waals surface area contributed by atoms with E-state index in [9.17, 15) is 9.59 Å². The molecular weight excluding hydrogens is 338 g/mol. The molecule has 0 aliphatic carbocycles. The van der Waals surface area contributed by atoms with Crippen molar-refractivity contribution in [3.8, 4) is 0 Å². The fourth-order valence-electron chi connectivity index (χ4n) is 2.47. The predicted molar refractivity (Wildman–Crippen MR) is 100 cm³/mol. The number of aromatic amines is 1. The first-order valence-electron chi connectivity index (χ1n) is 7.90. The first-order chi connectivity index (χ1) is 12.0. The monoisotopic (exact) mass is 355 g/mol. The van der Waals surface area contributed by atoms with E-state index in [2.05, 4.69) is 10.3 Å². The van der Waals surface area contributed by atoms with Crippen LogP contribution in [-0.2, 0) is 13.1 Å². The fourth-order valence-corrected chi connectivity index (χ4v) is 2.68. The number of benzene rings is 2. The van der Waals surface area contributed by atoms with Crippen LogP contribution in [0.1, 0.15) is 16.7 Å². The van der Waals surface area contributed by atoms with Crippen LogP contribution in [0.4, 0.5) is 5.82 Å². The van der Waals surface area contributed by atoms with Gasteiger partial charge in [-0.2, -0.15) is 0 Å². The van der Waals surface area contributed by atoms with Crippen LogP contribution in [0.3, 0.4) is 0 Å². The number of aromatic nitrogens is 2. The Morgan fingerprint density at radius 2 is 1.80 bits per heavy atom. The number of halogens is 1. The fraction of sp³-hybridized carbons (Fsp3) is 0.158. The highest BCUT2D eigenvalue weighted by Crippen LogP contribution is 2.17. The van der Waals surface area contributed by atoms with E-state index in [0.717, 1.165) is 16.7 Å². The Morgan fingerprint density at radius 1 is 1.04 bits per heavy atom. The summed E-state index contributed by atoms with van der Waals surface area (Å²) in [5.74, 6) is 0.385. The maximum atomic E-state index is 12.3. The van der Waals surface area contributed by atoms with Crippen LogP contribution >= 0.6 is 11.6 Å². The number of hydrogen-bond donors (Lipinski definition) is 2.